The van der Waals surface area contributed by atoms with E-state index >= 15 is 0 Å². The Hall–Kier alpha value is -1.40. The van der Waals surface area contributed by atoms with Gasteiger partial charge in [-0.1, -0.05) is 19.1 Å². The van der Waals surface area contributed by atoms with Gasteiger partial charge in [-0.25, -0.2) is 0 Å². The van der Waals surface area contributed by atoms with E-state index in [0.29, 0.717) is 12.0 Å². The fourth-order valence-corrected chi connectivity index (χ4v) is 6.16. The molecule has 5 atom stereocenters. The van der Waals surface area contributed by atoms with E-state index in [1.807, 2.05) is 6.92 Å². The summed E-state index contributed by atoms with van der Waals surface area (Å²) in [5.41, 5.74) is 6.09. The number of hydrogen-bond donors (Lipinski definition) is 3. The topological polar surface area (TPSA) is 60.7 Å². The molecule has 3 aliphatic rings. The lowest BCUT2D eigenvalue weighted by atomic mass is 9.71. The van der Waals surface area contributed by atoms with Crippen molar-refractivity contribution in [3.63, 3.8) is 0 Å². The monoisotopic (exact) mass is 383 g/mol. The van der Waals surface area contributed by atoms with Crippen LogP contribution in [0.4, 0.5) is 0 Å². The molecule has 2 aliphatic heterocycles. The average molecular weight is 384 g/mol. The van der Waals surface area contributed by atoms with Crippen molar-refractivity contribution in [3.05, 3.63) is 35.0 Å². The molecule has 28 heavy (non-hydrogen) atoms. The Morgan fingerprint density at radius 3 is 2.96 bits per heavy atom. The maximum atomic E-state index is 10.8. The van der Waals surface area contributed by atoms with Gasteiger partial charge < -0.3 is 19.7 Å². The fraction of sp³-hybridized carbons (Fsp3) is 0.652. The van der Waals surface area contributed by atoms with E-state index < -0.39 is 6.23 Å². The molecule has 3 N–H and O–H groups in total. The molecule has 3 heterocycles. The van der Waals surface area contributed by atoms with Crippen LogP contribution in [0.15, 0.2) is 18.2 Å². The largest absolute Gasteiger partial charge is 0.395 e. The molecule has 0 saturated carbocycles. The number of rotatable bonds is 5. The van der Waals surface area contributed by atoms with E-state index in [1.54, 1.807) is 11.3 Å². The molecule has 5 heteroatoms. The van der Waals surface area contributed by atoms with Crippen molar-refractivity contribution in [1.29, 1.82) is 0 Å². The fourth-order valence-electron chi connectivity index (χ4n) is 6.16. The van der Waals surface area contributed by atoms with Crippen molar-refractivity contribution >= 4 is 10.9 Å². The van der Waals surface area contributed by atoms with Gasteiger partial charge in [-0.2, -0.15) is 0 Å². The van der Waals surface area contributed by atoms with Gasteiger partial charge in [0.25, 0.3) is 0 Å². The molecule has 0 amide bonds. The van der Waals surface area contributed by atoms with Crippen molar-refractivity contribution < 1.29 is 10.2 Å². The van der Waals surface area contributed by atoms with Crippen LogP contribution in [0.25, 0.3) is 10.9 Å². The summed E-state index contributed by atoms with van der Waals surface area (Å²) in [5, 5.41) is 25.1. The quantitative estimate of drug-likeness (QED) is 0.693. The lowest BCUT2D eigenvalue weighted by molar-refractivity contribution is -0.00358. The number of piperidine rings is 1. The molecule has 1 fully saturated rings. The van der Waals surface area contributed by atoms with E-state index in [0.717, 1.165) is 32.4 Å². The highest BCUT2D eigenvalue weighted by molar-refractivity contribution is 5.90. The summed E-state index contributed by atoms with van der Waals surface area (Å²) < 4.78 is 2.56. The molecule has 2 aromatic rings. The second kappa shape index (κ2) is 7.13. The predicted octanol–water partition coefficient (Wildman–Crippen LogP) is 2.23. The van der Waals surface area contributed by atoms with Crippen LogP contribution in [0.3, 0.4) is 0 Å². The number of nitrogens with one attached hydrogen (secondary N) is 1. The van der Waals surface area contributed by atoms with Gasteiger partial charge in [-0.15, -0.1) is 0 Å². The Kier molecular flexibility index (Phi) is 4.74. The maximum absolute atomic E-state index is 10.8. The SMILES string of the molecule is CCC(CO)NC(O)C1CC2c3cccc4c3c(c3n4CCC3)CC2N(C)C1. The first kappa shape index (κ1) is 18.6. The third-order valence-electron chi connectivity index (χ3n) is 7.63. The first-order valence-corrected chi connectivity index (χ1v) is 11.0. The molecule has 1 aliphatic carbocycles. The number of fused-ring (bicyclic) bond motifs is 5. The Balaban J connectivity index is 1.49. The van der Waals surface area contributed by atoms with Crippen LogP contribution >= 0.6 is 0 Å². The number of hydrogen-bond acceptors (Lipinski definition) is 4. The van der Waals surface area contributed by atoms with Gasteiger partial charge in [0, 0.05) is 53.6 Å². The van der Waals surface area contributed by atoms with Crippen molar-refractivity contribution in [2.45, 2.75) is 69.8 Å². The number of likely N-dealkylation sites (tertiary alicyclic amines) is 1. The van der Waals surface area contributed by atoms with E-state index in [4.69, 9.17) is 0 Å². The normalized spacial score (nSPS) is 28.9. The molecule has 152 valence electrons. The first-order chi connectivity index (χ1) is 13.6. The summed E-state index contributed by atoms with van der Waals surface area (Å²) in [6, 6.07) is 7.34. The summed E-state index contributed by atoms with van der Waals surface area (Å²) in [6.45, 7) is 4.17. The van der Waals surface area contributed by atoms with Crippen LogP contribution in [0.5, 0.6) is 0 Å². The number of aromatic nitrogens is 1. The summed E-state index contributed by atoms with van der Waals surface area (Å²) in [4.78, 5) is 2.48. The highest BCUT2D eigenvalue weighted by atomic mass is 16.3. The van der Waals surface area contributed by atoms with Gasteiger partial charge in [0.05, 0.1) is 6.61 Å². The van der Waals surface area contributed by atoms with Crippen LogP contribution < -0.4 is 5.32 Å². The van der Waals surface area contributed by atoms with E-state index in [1.165, 1.54) is 29.3 Å². The van der Waals surface area contributed by atoms with Gasteiger partial charge in [0.2, 0.25) is 0 Å². The second-order valence-corrected chi connectivity index (χ2v) is 9.13. The minimum absolute atomic E-state index is 0.0335. The average Bonchev–Trinajstić information content (AvgIpc) is 3.30. The summed E-state index contributed by atoms with van der Waals surface area (Å²) >= 11 is 0. The number of benzene rings is 1. The number of likely N-dealkylation sites (N-methyl/N-ethyl adjacent to an activating group) is 1. The van der Waals surface area contributed by atoms with Gasteiger partial charge in [0.1, 0.15) is 6.23 Å². The Labute approximate surface area is 167 Å². The molecule has 5 unspecified atom stereocenters. The molecule has 0 spiro atoms. The van der Waals surface area contributed by atoms with Crippen LogP contribution in [0, 0.1) is 5.92 Å². The zero-order valence-electron chi connectivity index (χ0n) is 17.1. The van der Waals surface area contributed by atoms with E-state index in [2.05, 4.69) is 40.0 Å². The molecule has 5 nitrogen and oxygen atoms in total. The second-order valence-electron chi connectivity index (χ2n) is 9.13. The van der Waals surface area contributed by atoms with E-state index in [-0.39, 0.29) is 18.6 Å². The zero-order valence-corrected chi connectivity index (χ0v) is 17.1. The molecule has 5 rings (SSSR count). The van der Waals surface area contributed by atoms with Crippen molar-refractivity contribution in [2.24, 2.45) is 5.92 Å². The van der Waals surface area contributed by atoms with E-state index in [9.17, 15) is 10.2 Å². The van der Waals surface area contributed by atoms with Crippen LogP contribution in [0.2, 0.25) is 0 Å². The number of aliphatic hydroxyl groups is 2. The minimum Gasteiger partial charge on any atom is -0.395 e. The summed E-state index contributed by atoms with van der Waals surface area (Å²) in [5.74, 6) is 0.645. The van der Waals surface area contributed by atoms with Crippen molar-refractivity contribution in [2.75, 3.05) is 20.2 Å². The highest BCUT2D eigenvalue weighted by Crippen LogP contribution is 2.47. The Morgan fingerprint density at radius 2 is 2.18 bits per heavy atom. The van der Waals surface area contributed by atoms with Crippen LogP contribution in [-0.4, -0.2) is 58.2 Å². The third-order valence-corrected chi connectivity index (χ3v) is 7.63. The van der Waals surface area contributed by atoms with Crippen LogP contribution in [0.1, 0.15) is 48.9 Å². The first-order valence-electron chi connectivity index (χ1n) is 11.0. The standard InChI is InChI=1S/C23H33N3O2/c1-3-15(13-27)24-23(28)14-10-17-16-6-4-7-20-22(16)18(11-21(17)25(2)12-14)19-8-5-9-26(19)20/h4,6-7,14-15,17,21,23-24,27-28H,3,5,8-13H2,1-2H3. The molecule has 0 radical (unpaired) electrons. The summed E-state index contributed by atoms with van der Waals surface area (Å²) in [7, 11) is 2.22. The Bertz CT molecular complexity index is 872. The lowest BCUT2D eigenvalue weighted by Gasteiger charge is -2.47. The molecular formula is C23H33N3O2. The predicted molar refractivity (Wildman–Crippen MR) is 112 cm³/mol. The lowest BCUT2D eigenvalue weighted by Crippen LogP contribution is -2.54. The Morgan fingerprint density at radius 1 is 1.32 bits per heavy atom. The molecular weight excluding hydrogens is 350 g/mol. The van der Waals surface area contributed by atoms with Crippen LogP contribution in [-0.2, 0) is 19.4 Å². The minimum atomic E-state index is -0.569. The molecule has 1 saturated heterocycles. The number of nitrogens with zero attached hydrogens (tertiary/aromatic N) is 2. The third kappa shape index (κ3) is 2.75. The zero-order chi connectivity index (χ0) is 19.4. The highest BCUT2D eigenvalue weighted by Gasteiger charge is 2.42. The summed E-state index contributed by atoms with van der Waals surface area (Å²) in [6.07, 6.45) is 4.89. The number of aryl methyl sites for hydroxylation is 1. The van der Waals surface area contributed by atoms with Gasteiger partial charge in [0.15, 0.2) is 0 Å². The molecule has 0 bridgehead atoms. The van der Waals surface area contributed by atoms with Crippen molar-refractivity contribution in [3.8, 4) is 0 Å². The maximum Gasteiger partial charge on any atom is 0.109 e. The van der Waals surface area contributed by atoms with Crippen molar-refractivity contribution in [1.82, 2.24) is 14.8 Å². The van der Waals surface area contributed by atoms with Gasteiger partial charge in [-0.05, 0) is 56.3 Å². The number of aliphatic hydroxyl groups excluding tert-OH is 2. The van der Waals surface area contributed by atoms with Gasteiger partial charge in [-0.3, -0.25) is 5.32 Å². The molecule has 1 aromatic carbocycles. The van der Waals surface area contributed by atoms with Gasteiger partial charge >= 0.3 is 0 Å². The smallest absolute Gasteiger partial charge is 0.109 e. The molecule has 1 aromatic heterocycles.